The van der Waals surface area contributed by atoms with Crippen LogP contribution in [0.4, 0.5) is 22.0 Å². The van der Waals surface area contributed by atoms with E-state index in [1.165, 1.54) is 34.9 Å². The summed E-state index contributed by atoms with van der Waals surface area (Å²) in [5.74, 6) is -1.98. The minimum atomic E-state index is -4.68. The molecule has 3 aromatic carbocycles. The summed E-state index contributed by atoms with van der Waals surface area (Å²) in [5, 5.41) is 2.80. The van der Waals surface area contributed by atoms with Crippen molar-refractivity contribution in [3.05, 3.63) is 102 Å². The first-order chi connectivity index (χ1) is 17.6. The highest BCUT2D eigenvalue weighted by molar-refractivity contribution is 5.94. The zero-order chi connectivity index (χ0) is 26.7. The van der Waals surface area contributed by atoms with Gasteiger partial charge in [-0.05, 0) is 68.2 Å². The molecule has 0 radical (unpaired) electrons. The molecule has 0 atom stereocenters. The molecule has 0 unspecified atom stereocenters. The Hall–Kier alpha value is -3.69. The first-order valence-electron chi connectivity index (χ1n) is 11.4. The van der Waals surface area contributed by atoms with Crippen molar-refractivity contribution in [2.75, 3.05) is 27.2 Å². The van der Waals surface area contributed by atoms with Gasteiger partial charge in [0.2, 0.25) is 0 Å². The number of alkyl halides is 3. The number of carbonyl (C=O) groups is 1. The number of carbonyl (C=O) groups excluding carboxylic acids is 1. The van der Waals surface area contributed by atoms with Gasteiger partial charge in [0, 0.05) is 30.3 Å². The third-order valence-electron chi connectivity index (χ3n) is 5.83. The van der Waals surface area contributed by atoms with Crippen LogP contribution in [0.25, 0.3) is 28.2 Å². The summed E-state index contributed by atoms with van der Waals surface area (Å²) in [6.45, 7) is 1.12. The standard InChI is InChI=1S/C28H24F5N3O.ClH/c1-35(2)16-15-34-27(37)19-9-7-18(8-10-19)24-13-14-25(21-12-11-20(29)17-23(21)30)36(24)26-6-4-3-5-22(26)28(31,32)33;/h3-14,17H,15-16H2,1-2H3,(H,34,37);1H. The molecule has 1 N–H and O–H groups in total. The number of hydrogen-bond donors (Lipinski definition) is 1. The number of likely N-dealkylation sites (N-methyl/N-ethyl adjacent to an activating group) is 1. The van der Waals surface area contributed by atoms with Crippen LogP contribution >= 0.6 is 12.4 Å². The molecule has 0 fully saturated rings. The highest BCUT2D eigenvalue weighted by Gasteiger charge is 2.34. The third-order valence-corrected chi connectivity index (χ3v) is 5.83. The van der Waals surface area contributed by atoms with Gasteiger partial charge in [-0.3, -0.25) is 4.79 Å². The Morgan fingerprint density at radius 2 is 1.55 bits per heavy atom. The molecule has 0 aliphatic carbocycles. The lowest BCUT2D eigenvalue weighted by atomic mass is 10.1. The predicted octanol–water partition coefficient (Wildman–Crippen LogP) is 6.82. The Balaban J connectivity index is 0.00000400. The summed E-state index contributed by atoms with van der Waals surface area (Å²) in [5.41, 5.74) is 0.190. The van der Waals surface area contributed by atoms with Gasteiger partial charge in [-0.25, -0.2) is 8.78 Å². The normalized spacial score (nSPS) is 11.4. The summed E-state index contributed by atoms with van der Waals surface area (Å²) < 4.78 is 71.5. The summed E-state index contributed by atoms with van der Waals surface area (Å²) in [7, 11) is 3.78. The molecule has 0 aliphatic heterocycles. The van der Waals surface area contributed by atoms with Crippen LogP contribution in [-0.2, 0) is 6.18 Å². The number of halogens is 6. The maximum absolute atomic E-state index is 14.7. The van der Waals surface area contributed by atoms with Gasteiger partial charge in [-0.2, -0.15) is 13.2 Å². The van der Waals surface area contributed by atoms with E-state index in [9.17, 15) is 26.7 Å². The van der Waals surface area contributed by atoms with Crippen molar-refractivity contribution in [2.45, 2.75) is 6.18 Å². The van der Waals surface area contributed by atoms with E-state index >= 15 is 0 Å². The van der Waals surface area contributed by atoms with Crippen LogP contribution in [0.5, 0.6) is 0 Å². The molecule has 1 amide bonds. The Morgan fingerprint density at radius 3 is 2.18 bits per heavy atom. The smallest absolute Gasteiger partial charge is 0.351 e. The van der Waals surface area contributed by atoms with Gasteiger partial charge in [0.25, 0.3) is 5.91 Å². The lowest BCUT2D eigenvalue weighted by Gasteiger charge is -2.19. The van der Waals surface area contributed by atoms with Crippen LogP contribution in [0, 0.1) is 11.6 Å². The maximum atomic E-state index is 14.7. The maximum Gasteiger partial charge on any atom is 0.418 e. The van der Waals surface area contributed by atoms with Gasteiger partial charge < -0.3 is 14.8 Å². The summed E-state index contributed by atoms with van der Waals surface area (Å²) in [4.78, 5) is 14.4. The van der Waals surface area contributed by atoms with Gasteiger partial charge in [0.1, 0.15) is 11.6 Å². The fourth-order valence-corrected chi connectivity index (χ4v) is 4.02. The number of nitrogens with zero attached hydrogens (tertiary/aromatic N) is 2. The van der Waals surface area contributed by atoms with Crippen molar-refractivity contribution in [1.29, 1.82) is 0 Å². The Bertz CT molecular complexity index is 1420. The number of amides is 1. The molecule has 200 valence electrons. The van der Waals surface area contributed by atoms with Crippen molar-refractivity contribution >= 4 is 18.3 Å². The van der Waals surface area contributed by atoms with Crippen molar-refractivity contribution in [3.63, 3.8) is 0 Å². The van der Waals surface area contributed by atoms with Gasteiger partial charge in [0.05, 0.1) is 22.6 Å². The molecule has 38 heavy (non-hydrogen) atoms. The number of aromatic nitrogens is 1. The van der Waals surface area contributed by atoms with E-state index in [-0.39, 0.29) is 35.3 Å². The first-order valence-corrected chi connectivity index (χ1v) is 11.4. The average molecular weight is 550 g/mol. The highest BCUT2D eigenvalue weighted by atomic mass is 35.5. The van der Waals surface area contributed by atoms with Crippen molar-refractivity contribution < 1.29 is 26.7 Å². The lowest BCUT2D eigenvalue weighted by molar-refractivity contribution is -0.137. The summed E-state index contributed by atoms with van der Waals surface area (Å²) in [6, 6.07) is 17.3. The molecule has 10 heteroatoms. The number of nitrogens with one attached hydrogen (secondary N) is 1. The van der Waals surface area contributed by atoms with Gasteiger partial charge in [-0.15, -0.1) is 12.4 Å². The van der Waals surface area contributed by atoms with Crippen molar-refractivity contribution in [1.82, 2.24) is 14.8 Å². The second kappa shape index (κ2) is 11.8. The van der Waals surface area contributed by atoms with Crippen LogP contribution in [0.1, 0.15) is 15.9 Å². The first kappa shape index (κ1) is 28.9. The number of rotatable bonds is 7. The molecule has 4 nitrogen and oxygen atoms in total. The quantitative estimate of drug-likeness (QED) is 0.257. The molecule has 0 bridgehead atoms. The zero-order valence-corrected chi connectivity index (χ0v) is 21.3. The Kier molecular flexibility index (Phi) is 8.96. The Morgan fingerprint density at radius 1 is 0.895 bits per heavy atom. The fourth-order valence-electron chi connectivity index (χ4n) is 4.02. The van der Waals surface area contributed by atoms with Crippen molar-refractivity contribution in [2.24, 2.45) is 0 Å². The minimum absolute atomic E-state index is 0. The largest absolute Gasteiger partial charge is 0.418 e. The van der Waals surface area contributed by atoms with E-state index in [1.807, 2.05) is 19.0 Å². The topological polar surface area (TPSA) is 37.3 Å². The monoisotopic (exact) mass is 549 g/mol. The molecule has 4 aromatic rings. The zero-order valence-electron chi connectivity index (χ0n) is 20.5. The van der Waals surface area contributed by atoms with Crippen LogP contribution in [-0.4, -0.2) is 42.6 Å². The van der Waals surface area contributed by atoms with Crippen LogP contribution in [0.2, 0.25) is 0 Å². The summed E-state index contributed by atoms with van der Waals surface area (Å²) >= 11 is 0. The van der Waals surface area contributed by atoms with E-state index < -0.39 is 23.4 Å². The lowest BCUT2D eigenvalue weighted by Crippen LogP contribution is -2.31. The average Bonchev–Trinajstić information content (AvgIpc) is 3.28. The molecule has 4 rings (SSSR count). The van der Waals surface area contributed by atoms with E-state index in [0.717, 1.165) is 12.1 Å². The summed E-state index contributed by atoms with van der Waals surface area (Å²) in [6.07, 6.45) is -4.68. The molecular formula is C28H25ClF5N3O. The van der Waals surface area contributed by atoms with E-state index in [0.29, 0.717) is 36.0 Å². The molecule has 0 aliphatic rings. The minimum Gasteiger partial charge on any atom is -0.351 e. The molecule has 1 heterocycles. The predicted molar refractivity (Wildman–Crippen MR) is 140 cm³/mol. The second-order valence-corrected chi connectivity index (χ2v) is 8.71. The van der Waals surface area contributed by atoms with Crippen LogP contribution in [0.3, 0.4) is 0 Å². The third kappa shape index (κ3) is 6.23. The molecule has 0 saturated heterocycles. The highest BCUT2D eigenvalue weighted by Crippen LogP contribution is 2.39. The van der Waals surface area contributed by atoms with Gasteiger partial charge >= 0.3 is 6.18 Å². The molecule has 0 spiro atoms. The van der Waals surface area contributed by atoms with E-state index in [1.54, 1.807) is 30.3 Å². The van der Waals surface area contributed by atoms with Gasteiger partial charge in [0.15, 0.2) is 0 Å². The number of hydrogen-bond acceptors (Lipinski definition) is 2. The van der Waals surface area contributed by atoms with Crippen molar-refractivity contribution in [3.8, 4) is 28.2 Å². The molecule has 1 aromatic heterocycles. The molecular weight excluding hydrogens is 525 g/mol. The SMILES string of the molecule is CN(C)CCNC(=O)c1ccc(-c2ccc(-c3ccc(F)cc3F)n2-c2ccccc2C(F)(F)F)cc1.Cl. The van der Waals surface area contributed by atoms with E-state index in [2.05, 4.69) is 5.32 Å². The van der Waals surface area contributed by atoms with E-state index in [4.69, 9.17) is 0 Å². The Labute approximate surface area is 223 Å². The number of para-hydroxylation sites is 1. The van der Waals surface area contributed by atoms with Crippen LogP contribution in [0.15, 0.2) is 78.9 Å². The molecule has 0 saturated carbocycles. The van der Waals surface area contributed by atoms with Gasteiger partial charge in [-0.1, -0.05) is 24.3 Å². The van der Waals surface area contributed by atoms with Crippen LogP contribution < -0.4 is 5.32 Å². The fraction of sp³-hybridized carbons (Fsp3) is 0.179. The second-order valence-electron chi connectivity index (χ2n) is 8.71. The number of benzene rings is 3.